The molecular formula is C23H21NO6. The standard InChI is InChI=1S/C23H21NO6/c1-5-10-30-22-17-13(11-15(27-2)21(22)28-3)19-18(20(17)25)16(23(26)29-4)12-8-6-7-9-14(12)24-19/h6-9,11H,5,10H2,1-4H3. The molecule has 7 heteroatoms. The first-order valence-corrected chi connectivity index (χ1v) is 9.55. The van der Waals surface area contributed by atoms with Gasteiger partial charge in [0.05, 0.1) is 55.8 Å². The summed E-state index contributed by atoms with van der Waals surface area (Å²) in [6.07, 6.45) is 0.742. The summed E-state index contributed by atoms with van der Waals surface area (Å²) >= 11 is 0. The number of para-hydroxylation sites is 1. The van der Waals surface area contributed by atoms with E-state index in [4.69, 9.17) is 23.9 Å². The third-order valence-electron chi connectivity index (χ3n) is 5.07. The first kappa shape index (κ1) is 19.7. The van der Waals surface area contributed by atoms with Crippen molar-refractivity contribution in [2.24, 2.45) is 0 Å². The predicted molar refractivity (Wildman–Crippen MR) is 111 cm³/mol. The van der Waals surface area contributed by atoms with Gasteiger partial charge in [0.2, 0.25) is 11.5 Å². The normalized spacial score (nSPS) is 11.8. The second kappa shape index (κ2) is 7.67. The molecule has 0 amide bonds. The number of hydrogen-bond acceptors (Lipinski definition) is 7. The molecule has 0 saturated heterocycles. The van der Waals surface area contributed by atoms with Crippen LogP contribution in [0.1, 0.15) is 39.6 Å². The van der Waals surface area contributed by atoms with Crippen molar-refractivity contribution >= 4 is 22.7 Å². The van der Waals surface area contributed by atoms with Crippen LogP contribution in [-0.2, 0) is 4.74 Å². The van der Waals surface area contributed by atoms with Gasteiger partial charge in [-0.3, -0.25) is 4.79 Å². The van der Waals surface area contributed by atoms with E-state index in [2.05, 4.69) is 0 Å². The number of pyridine rings is 1. The fourth-order valence-electron chi connectivity index (χ4n) is 3.78. The highest BCUT2D eigenvalue weighted by Gasteiger charge is 2.39. The fraction of sp³-hybridized carbons (Fsp3) is 0.261. The molecule has 0 aliphatic heterocycles. The average molecular weight is 407 g/mol. The summed E-state index contributed by atoms with van der Waals surface area (Å²) in [6.45, 7) is 2.35. The predicted octanol–water partition coefficient (Wildman–Crippen LogP) is 4.04. The Morgan fingerprint density at radius 1 is 1.03 bits per heavy atom. The van der Waals surface area contributed by atoms with Crippen LogP contribution in [0.5, 0.6) is 17.2 Å². The number of ether oxygens (including phenoxy) is 4. The van der Waals surface area contributed by atoms with Crippen LogP contribution in [-0.4, -0.2) is 44.7 Å². The Morgan fingerprint density at radius 2 is 1.80 bits per heavy atom. The second-order valence-electron chi connectivity index (χ2n) is 6.76. The molecule has 30 heavy (non-hydrogen) atoms. The molecule has 2 aromatic carbocycles. The van der Waals surface area contributed by atoms with E-state index in [1.165, 1.54) is 21.3 Å². The van der Waals surface area contributed by atoms with E-state index in [9.17, 15) is 9.59 Å². The average Bonchev–Trinajstić information content (AvgIpc) is 3.05. The van der Waals surface area contributed by atoms with Crippen molar-refractivity contribution < 1.29 is 28.5 Å². The van der Waals surface area contributed by atoms with Crippen molar-refractivity contribution in [3.05, 3.63) is 47.0 Å². The molecule has 154 valence electrons. The van der Waals surface area contributed by atoms with E-state index in [1.54, 1.807) is 24.3 Å². The van der Waals surface area contributed by atoms with Crippen LogP contribution in [0.15, 0.2) is 30.3 Å². The zero-order valence-corrected chi connectivity index (χ0v) is 17.2. The number of rotatable bonds is 6. The minimum absolute atomic E-state index is 0.193. The third-order valence-corrected chi connectivity index (χ3v) is 5.07. The Balaban J connectivity index is 2.11. The minimum atomic E-state index is -0.596. The topological polar surface area (TPSA) is 84.0 Å². The number of esters is 1. The van der Waals surface area contributed by atoms with Crippen LogP contribution < -0.4 is 14.2 Å². The van der Waals surface area contributed by atoms with Crippen molar-refractivity contribution in [1.82, 2.24) is 4.98 Å². The SMILES string of the molecule is CCCOc1c(OC)c(OC)cc2c1C(=O)c1c-2nc2ccccc2c1C(=O)OC. The van der Waals surface area contributed by atoms with Gasteiger partial charge >= 0.3 is 5.97 Å². The van der Waals surface area contributed by atoms with Gasteiger partial charge < -0.3 is 18.9 Å². The zero-order chi connectivity index (χ0) is 21.4. The molecule has 1 heterocycles. The van der Waals surface area contributed by atoms with Crippen molar-refractivity contribution in [2.45, 2.75) is 13.3 Å². The lowest BCUT2D eigenvalue weighted by molar-refractivity contribution is 0.0600. The van der Waals surface area contributed by atoms with Crippen LogP contribution in [0.2, 0.25) is 0 Å². The summed E-state index contributed by atoms with van der Waals surface area (Å²) < 4.78 is 21.9. The molecule has 1 aliphatic carbocycles. The van der Waals surface area contributed by atoms with E-state index in [0.717, 1.165) is 6.42 Å². The lowest BCUT2D eigenvalue weighted by Gasteiger charge is -2.16. The highest BCUT2D eigenvalue weighted by atomic mass is 16.5. The number of carbonyl (C=O) groups excluding carboxylic acids is 2. The maximum atomic E-state index is 13.6. The quantitative estimate of drug-likeness (QED) is 0.446. The van der Waals surface area contributed by atoms with Crippen LogP contribution in [0.25, 0.3) is 22.2 Å². The number of fused-ring (bicyclic) bond motifs is 4. The fourth-order valence-corrected chi connectivity index (χ4v) is 3.78. The molecule has 0 spiro atoms. The van der Waals surface area contributed by atoms with E-state index >= 15 is 0 Å². The van der Waals surface area contributed by atoms with E-state index < -0.39 is 5.97 Å². The third kappa shape index (κ3) is 2.77. The van der Waals surface area contributed by atoms with E-state index in [0.29, 0.717) is 45.8 Å². The van der Waals surface area contributed by atoms with E-state index in [1.807, 2.05) is 13.0 Å². The molecule has 0 fully saturated rings. The van der Waals surface area contributed by atoms with Crippen molar-refractivity contribution in [3.8, 4) is 28.5 Å². The van der Waals surface area contributed by atoms with Gasteiger partial charge in [-0.1, -0.05) is 25.1 Å². The van der Waals surface area contributed by atoms with E-state index in [-0.39, 0.29) is 22.7 Å². The van der Waals surface area contributed by atoms with Gasteiger partial charge in [0.1, 0.15) is 0 Å². The molecule has 0 atom stereocenters. The van der Waals surface area contributed by atoms with Crippen LogP contribution >= 0.6 is 0 Å². The van der Waals surface area contributed by atoms with Crippen molar-refractivity contribution in [2.75, 3.05) is 27.9 Å². The molecule has 4 rings (SSSR count). The molecule has 1 aliphatic rings. The molecule has 0 bridgehead atoms. The second-order valence-corrected chi connectivity index (χ2v) is 6.76. The maximum absolute atomic E-state index is 13.6. The lowest BCUT2D eigenvalue weighted by atomic mass is 9.99. The number of methoxy groups -OCH3 is 3. The number of carbonyl (C=O) groups is 2. The molecule has 0 saturated carbocycles. The molecule has 7 nitrogen and oxygen atoms in total. The molecule has 0 N–H and O–H groups in total. The van der Waals surface area contributed by atoms with Crippen LogP contribution in [0.3, 0.4) is 0 Å². The van der Waals surface area contributed by atoms with Gasteiger partial charge in [-0.15, -0.1) is 0 Å². The summed E-state index contributed by atoms with van der Waals surface area (Å²) in [5.41, 5.74) is 2.23. The smallest absolute Gasteiger partial charge is 0.339 e. The molecule has 1 aromatic heterocycles. The highest BCUT2D eigenvalue weighted by Crippen LogP contribution is 2.51. The van der Waals surface area contributed by atoms with Gasteiger partial charge in [-0.2, -0.15) is 0 Å². The molecule has 3 aromatic rings. The van der Waals surface area contributed by atoms with Crippen molar-refractivity contribution in [3.63, 3.8) is 0 Å². The Labute approximate surface area is 173 Å². The molecular weight excluding hydrogens is 386 g/mol. The summed E-state index contributed by atoms with van der Waals surface area (Å²) in [5, 5.41) is 0.555. The zero-order valence-electron chi connectivity index (χ0n) is 17.2. The van der Waals surface area contributed by atoms with Gasteiger partial charge in [0.25, 0.3) is 0 Å². The summed E-state index contributed by atoms with van der Waals surface area (Å²) in [5.74, 6) is 0.0795. The Morgan fingerprint density at radius 3 is 2.47 bits per heavy atom. The monoisotopic (exact) mass is 407 g/mol. The number of benzene rings is 2. The first-order chi connectivity index (χ1) is 14.6. The Hall–Kier alpha value is -3.61. The largest absolute Gasteiger partial charge is 0.493 e. The first-order valence-electron chi connectivity index (χ1n) is 9.55. The lowest BCUT2D eigenvalue weighted by Crippen LogP contribution is -2.11. The molecule has 0 unspecified atom stereocenters. The summed E-state index contributed by atoms with van der Waals surface area (Å²) in [7, 11) is 4.29. The number of hydrogen-bond donors (Lipinski definition) is 0. The summed E-state index contributed by atoms with van der Waals surface area (Å²) in [4.78, 5) is 31.0. The molecule has 0 radical (unpaired) electrons. The van der Waals surface area contributed by atoms with Crippen LogP contribution in [0.4, 0.5) is 0 Å². The van der Waals surface area contributed by atoms with Gasteiger partial charge in [-0.25, -0.2) is 9.78 Å². The Kier molecular flexibility index (Phi) is 5.03. The number of nitrogens with zero attached hydrogens (tertiary/aromatic N) is 1. The highest BCUT2D eigenvalue weighted by molar-refractivity contribution is 6.29. The van der Waals surface area contributed by atoms with Crippen molar-refractivity contribution in [1.29, 1.82) is 0 Å². The van der Waals surface area contributed by atoms with Gasteiger partial charge in [-0.05, 0) is 18.6 Å². The number of ketones is 1. The van der Waals surface area contributed by atoms with Gasteiger partial charge in [0.15, 0.2) is 11.5 Å². The van der Waals surface area contributed by atoms with Crippen LogP contribution in [0, 0.1) is 0 Å². The minimum Gasteiger partial charge on any atom is -0.493 e. The Bertz CT molecular complexity index is 1180. The summed E-state index contributed by atoms with van der Waals surface area (Å²) in [6, 6.07) is 8.85. The van der Waals surface area contributed by atoms with Gasteiger partial charge in [0, 0.05) is 10.9 Å². The number of aromatic nitrogens is 1. The maximum Gasteiger partial charge on any atom is 0.339 e.